The van der Waals surface area contributed by atoms with Crippen LogP contribution in [0.5, 0.6) is 0 Å². The minimum absolute atomic E-state index is 0.929. The highest BCUT2D eigenvalue weighted by molar-refractivity contribution is 5.91. The van der Waals surface area contributed by atoms with Crippen molar-refractivity contribution < 1.29 is 0 Å². The molecule has 3 rings (SSSR count). The van der Waals surface area contributed by atoms with Crippen molar-refractivity contribution in [2.45, 2.75) is 0 Å². The maximum atomic E-state index is 4.40. The highest BCUT2D eigenvalue weighted by atomic mass is 14.7. The van der Waals surface area contributed by atoms with Crippen LogP contribution in [0.2, 0.25) is 0 Å². The number of pyridine rings is 3. The van der Waals surface area contributed by atoms with Crippen LogP contribution in [0, 0.1) is 0 Å². The van der Waals surface area contributed by atoms with Gasteiger partial charge in [-0.3, -0.25) is 15.0 Å². The number of aromatic nitrogens is 3. The van der Waals surface area contributed by atoms with E-state index in [1.54, 1.807) is 18.6 Å². The summed E-state index contributed by atoms with van der Waals surface area (Å²) in [6, 6.07) is 9.77. The lowest BCUT2D eigenvalue weighted by Crippen LogP contribution is -1.87. The molecule has 16 heavy (non-hydrogen) atoms. The van der Waals surface area contributed by atoms with Gasteiger partial charge in [0.1, 0.15) is 0 Å². The first-order valence-electron chi connectivity index (χ1n) is 5.05. The molecule has 0 N–H and O–H groups in total. The minimum Gasteiger partial charge on any atom is -0.264 e. The van der Waals surface area contributed by atoms with Gasteiger partial charge in [0.05, 0.1) is 11.2 Å². The van der Waals surface area contributed by atoms with Gasteiger partial charge in [0.25, 0.3) is 0 Å². The Morgan fingerprint density at radius 3 is 2.62 bits per heavy atom. The fourth-order valence-corrected chi connectivity index (χ4v) is 1.74. The van der Waals surface area contributed by atoms with E-state index in [1.165, 1.54) is 0 Å². The summed E-state index contributed by atoms with van der Waals surface area (Å²) in [7, 11) is 0. The molecule has 0 aliphatic rings. The molecule has 0 radical (unpaired) electrons. The molecule has 0 aliphatic carbocycles. The van der Waals surface area contributed by atoms with Crippen LogP contribution in [0.3, 0.4) is 0 Å². The largest absolute Gasteiger partial charge is 0.264 e. The molecule has 3 nitrogen and oxygen atoms in total. The topological polar surface area (TPSA) is 38.7 Å². The summed E-state index contributed by atoms with van der Waals surface area (Å²) in [5, 5.41) is 1.05. The molecule has 3 aromatic rings. The van der Waals surface area contributed by atoms with Gasteiger partial charge in [-0.25, -0.2) is 0 Å². The summed E-state index contributed by atoms with van der Waals surface area (Å²) < 4.78 is 0. The van der Waals surface area contributed by atoms with Crippen LogP contribution < -0.4 is 0 Å². The molecule has 3 heterocycles. The molecule has 0 bridgehead atoms. The van der Waals surface area contributed by atoms with E-state index < -0.39 is 0 Å². The summed E-state index contributed by atoms with van der Waals surface area (Å²) in [6.45, 7) is 0. The van der Waals surface area contributed by atoms with E-state index in [0.29, 0.717) is 0 Å². The Balaban J connectivity index is 2.32. The first kappa shape index (κ1) is 8.97. The van der Waals surface area contributed by atoms with Gasteiger partial charge in [0.2, 0.25) is 0 Å². The van der Waals surface area contributed by atoms with Crippen molar-refractivity contribution in [3.63, 3.8) is 0 Å². The number of hydrogen-bond donors (Lipinski definition) is 0. The Hall–Kier alpha value is -2.29. The van der Waals surface area contributed by atoms with E-state index in [-0.39, 0.29) is 0 Å². The Morgan fingerprint density at radius 1 is 0.812 bits per heavy atom. The third-order valence-electron chi connectivity index (χ3n) is 2.46. The molecule has 3 heteroatoms. The summed E-state index contributed by atoms with van der Waals surface area (Å²) in [5.74, 6) is 0. The maximum absolute atomic E-state index is 4.40. The highest BCUT2D eigenvalue weighted by Gasteiger charge is 2.04. The molecule has 0 saturated carbocycles. The molecule has 0 aliphatic heterocycles. The van der Waals surface area contributed by atoms with Gasteiger partial charge in [-0.15, -0.1) is 0 Å². The van der Waals surface area contributed by atoms with Crippen LogP contribution in [0.1, 0.15) is 0 Å². The first-order valence-corrected chi connectivity index (χ1v) is 5.05. The van der Waals surface area contributed by atoms with Gasteiger partial charge in [0.15, 0.2) is 0 Å². The SMILES string of the molecule is c1cncc(-c2nccc3ncccc23)c1. The summed E-state index contributed by atoms with van der Waals surface area (Å²) >= 11 is 0. The molecule has 0 unspecified atom stereocenters. The standard InChI is InChI=1S/C13H9N3/c1-3-10(9-14-6-1)13-11-4-2-7-15-12(11)5-8-16-13/h1-9H. The van der Waals surface area contributed by atoms with Crippen LogP contribution in [0.4, 0.5) is 0 Å². The van der Waals surface area contributed by atoms with Gasteiger partial charge in [-0.1, -0.05) is 0 Å². The fourth-order valence-electron chi connectivity index (χ4n) is 1.74. The number of fused-ring (bicyclic) bond motifs is 1. The second-order valence-electron chi connectivity index (χ2n) is 3.47. The third kappa shape index (κ3) is 1.42. The Bertz CT molecular complexity index is 615. The van der Waals surface area contributed by atoms with Crippen LogP contribution in [-0.2, 0) is 0 Å². The summed E-state index contributed by atoms with van der Waals surface area (Å²) in [5.41, 5.74) is 2.90. The van der Waals surface area contributed by atoms with Crippen molar-refractivity contribution in [1.29, 1.82) is 0 Å². The normalized spacial score (nSPS) is 10.5. The van der Waals surface area contributed by atoms with Crippen molar-refractivity contribution in [3.8, 4) is 11.3 Å². The quantitative estimate of drug-likeness (QED) is 0.615. The lowest BCUT2D eigenvalue weighted by atomic mass is 10.1. The number of hydrogen-bond acceptors (Lipinski definition) is 3. The fraction of sp³-hybridized carbons (Fsp3) is 0. The molecule has 0 spiro atoms. The molecular weight excluding hydrogens is 198 g/mol. The molecule has 0 fully saturated rings. The Labute approximate surface area is 92.8 Å². The number of nitrogens with zero attached hydrogens (tertiary/aromatic N) is 3. The summed E-state index contributed by atoms with van der Waals surface area (Å²) in [6.07, 6.45) is 7.13. The van der Waals surface area contributed by atoms with Crippen molar-refractivity contribution >= 4 is 10.9 Å². The van der Waals surface area contributed by atoms with E-state index in [0.717, 1.165) is 22.2 Å². The first-order chi connectivity index (χ1) is 7.95. The predicted molar refractivity (Wildman–Crippen MR) is 62.8 cm³/mol. The third-order valence-corrected chi connectivity index (χ3v) is 2.46. The molecular formula is C13H9N3. The average Bonchev–Trinajstić information content (AvgIpc) is 2.39. The van der Waals surface area contributed by atoms with Gasteiger partial charge in [-0.2, -0.15) is 0 Å². The maximum Gasteiger partial charge on any atom is 0.0811 e. The van der Waals surface area contributed by atoms with E-state index in [1.807, 2.05) is 36.5 Å². The van der Waals surface area contributed by atoms with Crippen LogP contribution in [0.25, 0.3) is 22.2 Å². The van der Waals surface area contributed by atoms with E-state index in [2.05, 4.69) is 15.0 Å². The van der Waals surface area contributed by atoms with Crippen molar-refractivity contribution in [2.75, 3.05) is 0 Å². The van der Waals surface area contributed by atoms with Crippen LogP contribution in [0.15, 0.2) is 55.1 Å². The minimum atomic E-state index is 0.929. The van der Waals surface area contributed by atoms with Gasteiger partial charge in [-0.05, 0) is 30.3 Å². The van der Waals surface area contributed by atoms with Gasteiger partial charge >= 0.3 is 0 Å². The van der Waals surface area contributed by atoms with Crippen LogP contribution >= 0.6 is 0 Å². The smallest absolute Gasteiger partial charge is 0.0811 e. The van der Waals surface area contributed by atoms with E-state index in [4.69, 9.17) is 0 Å². The number of rotatable bonds is 1. The monoisotopic (exact) mass is 207 g/mol. The van der Waals surface area contributed by atoms with Crippen molar-refractivity contribution in [1.82, 2.24) is 15.0 Å². The lowest BCUT2D eigenvalue weighted by Gasteiger charge is -2.03. The van der Waals surface area contributed by atoms with E-state index in [9.17, 15) is 0 Å². The zero-order valence-corrected chi connectivity index (χ0v) is 8.54. The molecule has 3 aromatic heterocycles. The Kier molecular flexibility index (Phi) is 2.07. The van der Waals surface area contributed by atoms with Gasteiger partial charge < -0.3 is 0 Å². The van der Waals surface area contributed by atoms with Crippen molar-refractivity contribution in [2.24, 2.45) is 0 Å². The molecule has 0 saturated heterocycles. The van der Waals surface area contributed by atoms with Crippen LogP contribution in [-0.4, -0.2) is 15.0 Å². The zero-order chi connectivity index (χ0) is 10.8. The van der Waals surface area contributed by atoms with Crippen molar-refractivity contribution in [3.05, 3.63) is 55.1 Å². The average molecular weight is 207 g/mol. The zero-order valence-electron chi connectivity index (χ0n) is 8.54. The highest BCUT2D eigenvalue weighted by Crippen LogP contribution is 2.23. The lowest BCUT2D eigenvalue weighted by molar-refractivity contribution is 1.28. The predicted octanol–water partition coefficient (Wildman–Crippen LogP) is 2.69. The molecule has 0 aromatic carbocycles. The molecule has 0 amide bonds. The Morgan fingerprint density at radius 2 is 1.75 bits per heavy atom. The van der Waals surface area contributed by atoms with Gasteiger partial charge in [0, 0.05) is 35.7 Å². The summed E-state index contributed by atoms with van der Waals surface area (Å²) in [4.78, 5) is 12.8. The van der Waals surface area contributed by atoms with E-state index >= 15 is 0 Å². The second-order valence-corrected chi connectivity index (χ2v) is 3.47. The molecule has 76 valence electrons. The molecule has 0 atom stereocenters. The second kappa shape index (κ2) is 3.70.